The molecular weight excluding hydrogens is 415 g/mol. The summed E-state index contributed by atoms with van der Waals surface area (Å²) in [6.45, 7) is 0.840. The summed E-state index contributed by atoms with van der Waals surface area (Å²) in [5, 5.41) is 15.1. The van der Waals surface area contributed by atoms with Crippen molar-refractivity contribution in [3.8, 4) is 22.5 Å². The van der Waals surface area contributed by atoms with E-state index in [1.807, 2.05) is 5.38 Å². The number of hydrogen-bond acceptors (Lipinski definition) is 5. The van der Waals surface area contributed by atoms with Gasteiger partial charge >= 0.3 is 6.18 Å². The van der Waals surface area contributed by atoms with E-state index in [2.05, 4.69) is 16.2 Å². The molecule has 0 saturated carbocycles. The maximum atomic E-state index is 13.2. The largest absolute Gasteiger partial charge is 0.416 e. The Balaban J connectivity index is 1.72. The van der Waals surface area contributed by atoms with Crippen molar-refractivity contribution in [2.24, 2.45) is 5.92 Å². The van der Waals surface area contributed by atoms with E-state index in [1.165, 1.54) is 28.2 Å². The third kappa shape index (κ3) is 3.93. The third-order valence-electron chi connectivity index (χ3n) is 4.92. The van der Waals surface area contributed by atoms with Crippen molar-refractivity contribution in [3.63, 3.8) is 0 Å². The van der Waals surface area contributed by atoms with Crippen LogP contribution in [0.2, 0.25) is 0 Å². The van der Waals surface area contributed by atoms with Gasteiger partial charge in [0.2, 0.25) is 5.82 Å². The molecule has 4 rings (SSSR count). The molecular formula is C20H16F3N5OS. The highest BCUT2D eigenvalue weighted by molar-refractivity contribution is 7.13. The lowest BCUT2D eigenvalue weighted by molar-refractivity contribution is -0.137. The summed E-state index contributed by atoms with van der Waals surface area (Å²) in [4.78, 5) is 19.5. The first-order chi connectivity index (χ1) is 14.4. The highest BCUT2D eigenvalue weighted by Crippen LogP contribution is 2.32. The van der Waals surface area contributed by atoms with Crippen molar-refractivity contribution in [1.29, 1.82) is 5.26 Å². The van der Waals surface area contributed by atoms with Gasteiger partial charge in [-0.1, -0.05) is 12.1 Å². The Kier molecular flexibility index (Phi) is 5.30. The van der Waals surface area contributed by atoms with Crippen LogP contribution in [0.15, 0.2) is 41.8 Å². The van der Waals surface area contributed by atoms with E-state index in [1.54, 1.807) is 17.0 Å². The number of carbonyl (C=O) groups is 1. The van der Waals surface area contributed by atoms with Crippen molar-refractivity contribution >= 4 is 17.2 Å². The van der Waals surface area contributed by atoms with E-state index in [0.717, 1.165) is 12.1 Å². The molecule has 2 aromatic heterocycles. The molecule has 0 spiro atoms. The summed E-state index contributed by atoms with van der Waals surface area (Å²) in [5.74, 6) is -0.243. The summed E-state index contributed by atoms with van der Waals surface area (Å²) in [6, 6.07) is 10.5. The van der Waals surface area contributed by atoms with Crippen LogP contribution in [0, 0.1) is 17.2 Å². The molecule has 1 saturated heterocycles. The van der Waals surface area contributed by atoms with E-state index in [0.29, 0.717) is 36.6 Å². The zero-order valence-corrected chi connectivity index (χ0v) is 16.5. The Morgan fingerprint density at radius 2 is 1.97 bits per heavy atom. The Morgan fingerprint density at radius 3 is 2.60 bits per heavy atom. The van der Waals surface area contributed by atoms with E-state index in [-0.39, 0.29) is 17.4 Å². The number of benzene rings is 1. The second-order valence-electron chi connectivity index (χ2n) is 6.89. The highest BCUT2D eigenvalue weighted by atomic mass is 32.1. The number of thiophene rings is 1. The quantitative estimate of drug-likeness (QED) is 0.616. The van der Waals surface area contributed by atoms with Crippen LogP contribution in [0.3, 0.4) is 0 Å². The predicted octanol–water partition coefficient (Wildman–Crippen LogP) is 4.39. The van der Waals surface area contributed by atoms with Gasteiger partial charge in [-0.25, -0.2) is 9.67 Å². The topological polar surface area (TPSA) is 74.8 Å². The van der Waals surface area contributed by atoms with Gasteiger partial charge in [0.25, 0.3) is 5.91 Å². The summed E-state index contributed by atoms with van der Waals surface area (Å²) in [5.41, 5.74) is -0.637. The lowest BCUT2D eigenvalue weighted by atomic mass is 9.98. The van der Waals surface area contributed by atoms with E-state index < -0.39 is 17.6 Å². The Morgan fingerprint density at radius 1 is 1.20 bits per heavy atom. The molecule has 1 aromatic carbocycles. The number of alkyl halides is 3. The number of rotatable bonds is 3. The zero-order chi connectivity index (χ0) is 21.3. The molecule has 0 bridgehead atoms. The average molecular weight is 431 g/mol. The molecule has 0 atom stereocenters. The van der Waals surface area contributed by atoms with E-state index in [9.17, 15) is 18.0 Å². The molecule has 1 amide bonds. The Bertz CT molecular complexity index is 1090. The van der Waals surface area contributed by atoms with Crippen LogP contribution >= 0.6 is 11.3 Å². The van der Waals surface area contributed by atoms with Crippen LogP contribution < -0.4 is 0 Å². The standard InChI is InChI=1S/C20H16F3N5OS/c21-20(22,23)14-3-1-4-15(11-14)28-18(16-5-2-10-30-16)25-17(26-28)19(29)27-8-6-13(12-24)7-9-27/h1-5,10-11,13H,6-9H2. The minimum Gasteiger partial charge on any atom is -0.336 e. The van der Waals surface area contributed by atoms with Gasteiger partial charge in [-0.05, 0) is 42.5 Å². The molecule has 0 unspecified atom stereocenters. The molecule has 0 aliphatic carbocycles. The zero-order valence-electron chi connectivity index (χ0n) is 15.6. The SMILES string of the molecule is N#CC1CCN(C(=O)c2nc(-c3cccs3)n(-c3cccc(C(F)(F)F)c3)n2)CC1. The van der Waals surface area contributed by atoms with Crippen LogP contribution in [0.4, 0.5) is 13.2 Å². The van der Waals surface area contributed by atoms with Crippen LogP contribution in [-0.2, 0) is 6.18 Å². The Hall–Kier alpha value is -3.19. The Labute approximate surface area is 174 Å². The first kappa shape index (κ1) is 20.1. The van der Waals surface area contributed by atoms with Crippen LogP contribution in [-0.4, -0.2) is 38.7 Å². The van der Waals surface area contributed by atoms with Gasteiger partial charge < -0.3 is 4.90 Å². The van der Waals surface area contributed by atoms with Crippen molar-refractivity contribution in [2.45, 2.75) is 19.0 Å². The minimum absolute atomic E-state index is 0.0774. The fraction of sp³-hybridized carbons (Fsp3) is 0.300. The number of amides is 1. The maximum Gasteiger partial charge on any atom is 0.416 e. The summed E-state index contributed by atoms with van der Waals surface area (Å²) >= 11 is 1.35. The molecule has 10 heteroatoms. The number of halogens is 3. The normalized spacial score (nSPS) is 15.2. The second-order valence-corrected chi connectivity index (χ2v) is 7.84. The minimum atomic E-state index is -4.50. The van der Waals surface area contributed by atoms with Crippen molar-refractivity contribution in [3.05, 3.63) is 53.2 Å². The van der Waals surface area contributed by atoms with E-state index >= 15 is 0 Å². The first-order valence-corrected chi connectivity index (χ1v) is 10.1. The summed E-state index contributed by atoms with van der Waals surface area (Å²) < 4.78 is 40.8. The predicted molar refractivity (Wildman–Crippen MR) is 104 cm³/mol. The number of carbonyl (C=O) groups excluding carboxylic acids is 1. The van der Waals surface area contributed by atoms with Gasteiger partial charge in [0.1, 0.15) is 0 Å². The monoisotopic (exact) mass is 431 g/mol. The van der Waals surface area contributed by atoms with Crippen LogP contribution in [0.5, 0.6) is 0 Å². The molecule has 6 nitrogen and oxygen atoms in total. The molecule has 3 heterocycles. The number of piperidine rings is 1. The highest BCUT2D eigenvalue weighted by Gasteiger charge is 2.32. The molecule has 30 heavy (non-hydrogen) atoms. The van der Waals surface area contributed by atoms with E-state index in [4.69, 9.17) is 5.26 Å². The first-order valence-electron chi connectivity index (χ1n) is 9.24. The van der Waals surface area contributed by atoms with Gasteiger partial charge in [-0.15, -0.1) is 16.4 Å². The van der Waals surface area contributed by atoms with Crippen molar-refractivity contribution in [2.75, 3.05) is 13.1 Å². The van der Waals surface area contributed by atoms with Gasteiger partial charge in [0, 0.05) is 19.0 Å². The fourth-order valence-corrected chi connectivity index (χ4v) is 4.01. The fourth-order valence-electron chi connectivity index (χ4n) is 3.32. The van der Waals surface area contributed by atoms with Gasteiger partial charge in [0.15, 0.2) is 5.82 Å². The van der Waals surface area contributed by atoms with Crippen molar-refractivity contribution < 1.29 is 18.0 Å². The molecule has 0 N–H and O–H groups in total. The number of nitrogens with zero attached hydrogens (tertiary/aromatic N) is 5. The molecule has 154 valence electrons. The second kappa shape index (κ2) is 7.91. The van der Waals surface area contributed by atoms with Crippen LogP contribution in [0.25, 0.3) is 16.4 Å². The average Bonchev–Trinajstić information content (AvgIpc) is 3.42. The smallest absolute Gasteiger partial charge is 0.336 e. The summed E-state index contributed by atoms with van der Waals surface area (Å²) in [7, 11) is 0. The number of aromatic nitrogens is 3. The summed E-state index contributed by atoms with van der Waals surface area (Å²) in [6.07, 6.45) is -3.34. The molecule has 3 aromatic rings. The van der Waals surface area contributed by atoms with Gasteiger partial charge in [0.05, 0.1) is 22.2 Å². The van der Waals surface area contributed by atoms with Gasteiger partial charge in [-0.2, -0.15) is 18.4 Å². The lowest BCUT2D eigenvalue weighted by Gasteiger charge is -2.28. The maximum absolute atomic E-state index is 13.2. The lowest BCUT2D eigenvalue weighted by Crippen LogP contribution is -2.38. The molecule has 1 aliphatic heterocycles. The number of nitriles is 1. The van der Waals surface area contributed by atoms with Crippen LogP contribution in [0.1, 0.15) is 29.0 Å². The number of likely N-dealkylation sites (tertiary alicyclic amines) is 1. The van der Waals surface area contributed by atoms with Crippen molar-refractivity contribution in [1.82, 2.24) is 19.7 Å². The molecule has 0 radical (unpaired) electrons. The number of hydrogen-bond donors (Lipinski definition) is 0. The third-order valence-corrected chi connectivity index (χ3v) is 5.79. The molecule has 1 fully saturated rings. The van der Waals surface area contributed by atoms with Gasteiger partial charge in [-0.3, -0.25) is 4.79 Å². The molecule has 1 aliphatic rings.